The van der Waals surface area contributed by atoms with Crippen molar-refractivity contribution < 1.29 is 27.4 Å². The average molecular weight is 544 g/mol. The van der Waals surface area contributed by atoms with E-state index in [-0.39, 0.29) is 48.3 Å². The summed E-state index contributed by atoms with van der Waals surface area (Å²) in [6.07, 6.45) is -1.64. The highest BCUT2D eigenvalue weighted by molar-refractivity contribution is 14.0. The van der Waals surface area contributed by atoms with Crippen LogP contribution in [0.25, 0.3) is 0 Å². The Morgan fingerprint density at radius 3 is 2.63 bits per heavy atom. The number of guanidine groups is 1. The lowest BCUT2D eigenvalue weighted by atomic mass is 9.97. The van der Waals surface area contributed by atoms with E-state index in [0.717, 1.165) is 0 Å². The number of aliphatic imine (C=N–C) groups is 1. The van der Waals surface area contributed by atoms with Crippen molar-refractivity contribution in [2.75, 3.05) is 32.8 Å². The summed E-state index contributed by atoms with van der Waals surface area (Å²) in [4.78, 5) is 22.3. The number of alkyl halides is 3. The van der Waals surface area contributed by atoms with Gasteiger partial charge in [-0.2, -0.15) is 13.2 Å². The van der Waals surface area contributed by atoms with Crippen molar-refractivity contribution in [1.82, 2.24) is 15.2 Å². The molecule has 170 valence electrons. The predicted molar refractivity (Wildman–Crippen MR) is 117 cm³/mol. The van der Waals surface area contributed by atoms with Crippen LogP contribution in [0, 0.1) is 5.92 Å². The van der Waals surface area contributed by atoms with Gasteiger partial charge in [-0.25, -0.2) is 9.98 Å². The van der Waals surface area contributed by atoms with Crippen molar-refractivity contribution in [3.63, 3.8) is 0 Å². The van der Waals surface area contributed by atoms with Crippen LogP contribution >= 0.6 is 24.0 Å². The van der Waals surface area contributed by atoms with Crippen LogP contribution in [0.3, 0.4) is 0 Å². The molecule has 0 unspecified atom stereocenters. The molecule has 0 atom stereocenters. The van der Waals surface area contributed by atoms with Crippen LogP contribution in [0.2, 0.25) is 0 Å². The van der Waals surface area contributed by atoms with Gasteiger partial charge in [-0.3, -0.25) is 4.79 Å². The van der Waals surface area contributed by atoms with Gasteiger partial charge in [0.2, 0.25) is 5.88 Å². The number of pyridine rings is 1. The number of aromatic nitrogens is 1. The minimum atomic E-state index is -4.41. The van der Waals surface area contributed by atoms with Crippen molar-refractivity contribution in [3.8, 4) is 5.88 Å². The second-order valence-electron chi connectivity index (χ2n) is 6.59. The fourth-order valence-corrected chi connectivity index (χ4v) is 2.96. The number of hydrogen-bond acceptors (Lipinski definition) is 5. The molecule has 0 radical (unpaired) electrons. The Kier molecular flexibility index (Phi) is 11.2. The minimum Gasteiger partial charge on any atom is -0.468 e. The molecule has 30 heavy (non-hydrogen) atoms. The zero-order chi connectivity index (χ0) is 21.3. The molecule has 7 nitrogen and oxygen atoms in total. The van der Waals surface area contributed by atoms with Crippen molar-refractivity contribution >= 4 is 35.9 Å². The summed E-state index contributed by atoms with van der Waals surface area (Å²) in [6.45, 7) is 5.03. The van der Waals surface area contributed by atoms with Crippen molar-refractivity contribution in [3.05, 3.63) is 23.9 Å². The molecule has 0 aliphatic carbocycles. The Labute approximate surface area is 191 Å². The van der Waals surface area contributed by atoms with E-state index in [9.17, 15) is 18.0 Å². The molecule has 1 aromatic rings. The van der Waals surface area contributed by atoms with E-state index in [4.69, 9.17) is 4.74 Å². The Bertz CT molecular complexity index is 696. The Morgan fingerprint density at radius 2 is 2.03 bits per heavy atom. The van der Waals surface area contributed by atoms with E-state index in [1.54, 1.807) is 13.0 Å². The van der Waals surface area contributed by atoms with Gasteiger partial charge in [0.1, 0.15) is 0 Å². The van der Waals surface area contributed by atoms with E-state index in [0.29, 0.717) is 50.6 Å². The molecule has 11 heteroatoms. The second kappa shape index (κ2) is 12.8. The van der Waals surface area contributed by atoms with Gasteiger partial charge in [0.25, 0.3) is 0 Å². The van der Waals surface area contributed by atoms with E-state index < -0.39 is 12.8 Å². The summed E-state index contributed by atoms with van der Waals surface area (Å²) in [5.74, 6) is 0.361. The maximum absolute atomic E-state index is 12.3. The van der Waals surface area contributed by atoms with E-state index in [1.807, 2.05) is 6.92 Å². The number of carbonyl (C=O) groups excluding carboxylic acids is 1. The monoisotopic (exact) mass is 544 g/mol. The SMILES string of the molecule is CCNC(=NCc1ccnc(OCC(F)(F)F)c1)N1CCC(C(=O)OCC)CC1.I. The van der Waals surface area contributed by atoms with Gasteiger partial charge in [-0.15, -0.1) is 24.0 Å². The summed E-state index contributed by atoms with van der Waals surface area (Å²) in [7, 11) is 0. The largest absolute Gasteiger partial charge is 0.468 e. The third kappa shape index (κ3) is 8.92. The van der Waals surface area contributed by atoms with Crippen LogP contribution in [0.1, 0.15) is 32.3 Å². The number of nitrogens with zero attached hydrogens (tertiary/aromatic N) is 3. The summed E-state index contributed by atoms with van der Waals surface area (Å²) in [5, 5.41) is 3.22. The van der Waals surface area contributed by atoms with Gasteiger partial charge < -0.3 is 19.7 Å². The first-order chi connectivity index (χ1) is 13.8. The summed E-state index contributed by atoms with van der Waals surface area (Å²) in [5.41, 5.74) is 0.689. The highest BCUT2D eigenvalue weighted by Gasteiger charge is 2.29. The normalized spacial score (nSPS) is 15.4. The molecule has 1 fully saturated rings. The maximum atomic E-state index is 12.3. The van der Waals surface area contributed by atoms with Gasteiger partial charge in [0.15, 0.2) is 12.6 Å². The Balaban J connectivity index is 0.00000450. The molecule has 0 spiro atoms. The molecule has 1 aromatic heterocycles. The molecule has 0 amide bonds. The topological polar surface area (TPSA) is 76.1 Å². The Hall–Kier alpha value is -1.79. The van der Waals surface area contributed by atoms with Crippen LogP contribution < -0.4 is 10.1 Å². The van der Waals surface area contributed by atoms with Crippen LogP contribution in [-0.4, -0.2) is 60.8 Å². The minimum absolute atomic E-state index is 0. The van der Waals surface area contributed by atoms with Gasteiger partial charge >= 0.3 is 12.1 Å². The first-order valence-corrected chi connectivity index (χ1v) is 9.66. The quantitative estimate of drug-likeness (QED) is 0.246. The maximum Gasteiger partial charge on any atom is 0.422 e. The van der Waals surface area contributed by atoms with E-state index >= 15 is 0 Å². The van der Waals surface area contributed by atoms with Crippen molar-refractivity contribution in [2.45, 2.75) is 39.4 Å². The summed E-state index contributed by atoms with van der Waals surface area (Å²) < 4.78 is 46.6. The predicted octanol–water partition coefficient (Wildman–Crippen LogP) is 3.38. The summed E-state index contributed by atoms with van der Waals surface area (Å²) >= 11 is 0. The first-order valence-electron chi connectivity index (χ1n) is 9.66. The lowest BCUT2D eigenvalue weighted by molar-refractivity contribution is -0.154. The Morgan fingerprint density at radius 1 is 1.33 bits per heavy atom. The highest BCUT2D eigenvalue weighted by Crippen LogP contribution is 2.20. The second-order valence-corrected chi connectivity index (χ2v) is 6.59. The van der Waals surface area contributed by atoms with Crippen LogP contribution in [0.15, 0.2) is 23.3 Å². The summed E-state index contributed by atoms with van der Waals surface area (Å²) in [6, 6.07) is 3.13. The van der Waals surface area contributed by atoms with Crippen LogP contribution in [0.5, 0.6) is 5.88 Å². The van der Waals surface area contributed by atoms with E-state index in [2.05, 4.69) is 24.9 Å². The molecule has 1 aliphatic heterocycles. The third-order valence-electron chi connectivity index (χ3n) is 4.34. The molecule has 1 N–H and O–H groups in total. The van der Waals surface area contributed by atoms with Crippen molar-refractivity contribution in [1.29, 1.82) is 0 Å². The van der Waals surface area contributed by atoms with Gasteiger partial charge in [-0.1, -0.05) is 0 Å². The molecule has 2 rings (SSSR count). The van der Waals surface area contributed by atoms with Crippen LogP contribution in [0.4, 0.5) is 13.2 Å². The number of nitrogens with one attached hydrogen (secondary N) is 1. The molecule has 0 aromatic carbocycles. The molecular weight excluding hydrogens is 516 g/mol. The first kappa shape index (κ1) is 26.2. The molecule has 2 heterocycles. The number of hydrogen-bond donors (Lipinski definition) is 1. The number of rotatable bonds is 7. The van der Waals surface area contributed by atoms with Crippen LogP contribution in [-0.2, 0) is 16.1 Å². The molecule has 0 saturated carbocycles. The lowest BCUT2D eigenvalue weighted by Crippen LogP contribution is -2.46. The average Bonchev–Trinajstić information content (AvgIpc) is 2.70. The zero-order valence-electron chi connectivity index (χ0n) is 17.1. The number of carbonyl (C=O) groups is 1. The smallest absolute Gasteiger partial charge is 0.422 e. The zero-order valence-corrected chi connectivity index (χ0v) is 19.4. The van der Waals surface area contributed by atoms with E-state index in [1.165, 1.54) is 12.3 Å². The molecule has 1 aliphatic rings. The standard InChI is InChI=1S/C19H27F3N4O3.HI/c1-3-23-18(26-9-6-15(7-10-26)17(27)28-4-2)25-12-14-5-8-24-16(11-14)29-13-19(20,21)22;/h5,8,11,15H,3-4,6-7,9-10,12-13H2,1-2H3,(H,23,25);1H. The fraction of sp³-hybridized carbons (Fsp3) is 0.632. The number of likely N-dealkylation sites (tertiary alicyclic amines) is 1. The number of esters is 1. The number of piperidine rings is 1. The lowest BCUT2D eigenvalue weighted by Gasteiger charge is -2.33. The fourth-order valence-electron chi connectivity index (χ4n) is 2.96. The molecule has 1 saturated heterocycles. The van der Waals surface area contributed by atoms with Crippen molar-refractivity contribution in [2.24, 2.45) is 10.9 Å². The third-order valence-corrected chi connectivity index (χ3v) is 4.34. The van der Waals surface area contributed by atoms with Gasteiger partial charge in [0, 0.05) is 31.9 Å². The van der Waals surface area contributed by atoms with Gasteiger partial charge in [0.05, 0.1) is 19.1 Å². The highest BCUT2D eigenvalue weighted by atomic mass is 127. The molecule has 0 bridgehead atoms. The number of halogens is 4. The number of ether oxygens (including phenoxy) is 2. The van der Waals surface area contributed by atoms with Gasteiger partial charge in [-0.05, 0) is 38.3 Å². The molecular formula is C19H28F3IN4O3.